The molecule has 1 aliphatic rings. The molecule has 2 N–H and O–H groups in total. The first-order valence-electron chi connectivity index (χ1n) is 8.18. The topological polar surface area (TPSA) is 26.0 Å². The van der Waals surface area contributed by atoms with E-state index in [0.29, 0.717) is 6.54 Å². The van der Waals surface area contributed by atoms with E-state index in [1.807, 2.05) is 0 Å². The van der Waals surface area contributed by atoms with E-state index in [4.69, 9.17) is 5.73 Å². The standard InChI is InChI=1S/C20H25N/c1-15-7-8-16(14-21)13-20(15)19-11-9-18(10-12-19)17-5-3-2-4-6-17/h7-13,17H,2-6,14,21H2,1H3. The van der Waals surface area contributed by atoms with Crippen molar-refractivity contribution in [1.82, 2.24) is 0 Å². The molecule has 0 aliphatic heterocycles. The zero-order valence-corrected chi connectivity index (χ0v) is 12.9. The first-order valence-corrected chi connectivity index (χ1v) is 8.18. The van der Waals surface area contributed by atoms with E-state index in [0.717, 1.165) is 5.92 Å². The lowest BCUT2D eigenvalue weighted by atomic mass is 9.83. The largest absolute Gasteiger partial charge is 0.326 e. The Morgan fingerprint density at radius 1 is 0.952 bits per heavy atom. The molecule has 0 bridgehead atoms. The summed E-state index contributed by atoms with van der Waals surface area (Å²) in [5, 5.41) is 0. The average molecular weight is 279 g/mol. The van der Waals surface area contributed by atoms with Crippen LogP contribution < -0.4 is 5.73 Å². The van der Waals surface area contributed by atoms with Crippen LogP contribution in [-0.4, -0.2) is 0 Å². The molecule has 0 amide bonds. The van der Waals surface area contributed by atoms with Crippen LogP contribution in [0.25, 0.3) is 11.1 Å². The molecule has 1 saturated carbocycles. The van der Waals surface area contributed by atoms with Gasteiger partial charge in [-0.2, -0.15) is 0 Å². The van der Waals surface area contributed by atoms with Gasteiger partial charge in [0.2, 0.25) is 0 Å². The minimum atomic E-state index is 0.605. The van der Waals surface area contributed by atoms with Gasteiger partial charge in [0.15, 0.2) is 0 Å². The third kappa shape index (κ3) is 3.19. The molecule has 21 heavy (non-hydrogen) atoms. The zero-order valence-electron chi connectivity index (χ0n) is 12.9. The van der Waals surface area contributed by atoms with E-state index in [-0.39, 0.29) is 0 Å². The minimum Gasteiger partial charge on any atom is -0.326 e. The second-order valence-electron chi connectivity index (χ2n) is 6.31. The molecule has 0 unspecified atom stereocenters. The van der Waals surface area contributed by atoms with E-state index in [2.05, 4.69) is 49.4 Å². The second kappa shape index (κ2) is 6.44. The molecule has 1 heteroatoms. The quantitative estimate of drug-likeness (QED) is 0.824. The molecule has 1 nitrogen and oxygen atoms in total. The number of aryl methyl sites for hydroxylation is 1. The maximum Gasteiger partial charge on any atom is 0.0178 e. The monoisotopic (exact) mass is 279 g/mol. The first-order chi connectivity index (χ1) is 10.3. The summed E-state index contributed by atoms with van der Waals surface area (Å²) in [4.78, 5) is 0. The Bertz CT molecular complexity index is 592. The van der Waals surface area contributed by atoms with Gasteiger partial charge in [0.1, 0.15) is 0 Å². The third-order valence-electron chi connectivity index (χ3n) is 4.84. The van der Waals surface area contributed by atoms with Gasteiger partial charge in [0.05, 0.1) is 0 Å². The molecular weight excluding hydrogens is 254 g/mol. The third-order valence-corrected chi connectivity index (χ3v) is 4.84. The van der Waals surface area contributed by atoms with E-state index in [1.165, 1.54) is 59.9 Å². The van der Waals surface area contributed by atoms with Crippen LogP contribution in [0.3, 0.4) is 0 Å². The van der Waals surface area contributed by atoms with Crippen molar-refractivity contribution in [2.45, 2.75) is 51.5 Å². The van der Waals surface area contributed by atoms with Crippen LogP contribution in [0.4, 0.5) is 0 Å². The van der Waals surface area contributed by atoms with Crippen LogP contribution in [0, 0.1) is 6.92 Å². The average Bonchev–Trinajstić information content (AvgIpc) is 2.56. The summed E-state index contributed by atoms with van der Waals surface area (Å²) >= 11 is 0. The summed E-state index contributed by atoms with van der Waals surface area (Å²) < 4.78 is 0. The summed E-state index contributed by atoms with van der Waals surface area (Å²) in [5.74, 6) is 0.782. The molecule has 0 atom stereocenters. The number of hydrogen-bond acceptors (Lipinski definition) is 1. The summed E-state index contributed by atoms with van der Waals surface area (Å²) in [7, 11) is 0. The fourth-order valence-corrected chi connectivity index (χ4v) is 3.48. The van der Waals surface area contributed by atoms with Gasteiger partial charge in [-0.05, 0) is 59.6 Å². The molecule has 0 spiro atoms. The van der Waals surface area contributed by atoms with Crippen molar-refractivity contribution in [3.63, 3.8) is 0 Å². The number of benzene rings is 2. The molecule has 110 valence electrons. The van der Waals surface area contributed by atoms with Gasteiger partial charge in [-0.3, -0.25) is 0 Å². The summed E-state index contributed by atoms with van der Waals surface area (Å²) in [6.07, 6.45) is 6.93. The van der Waals surface area contributed by atoms with Crippen LogP contribution in [0.5, 0.6) is 0 Å². The van der Waals surface area contributed by atoms with Gasteiger partial charge < -0.3 is 5.73 Å². The van der Waals surface area contributed by atoms with Crippen molar-refractivity contribution in [3.05, 3.63) is 59.2 Å². The molecule has 2 aromatic rings. The van der Waals surface area contributed by atoms with Crippen molar-refractivity contribution < 1.29 is 0 Å². The molecule has 0 heterocycles. The molecule has 0 aromatic heterocycles. The van der Waals surface area contributed by atoms with E-state index in [9.17, 15) is 0 Å². The SMILES string of the molecule is Cc1ccc(CN)cc1-c1ccc(C2CCCCC2)cc1. The van der Waals surface area contributed by atoms with E-state index in [1.54, 1.807) is 0 Å². The molecule has 2 aromatic carbocycles. The Morgan fingerprint density at radius 3 is 2.33 bits per heavy atom. The molecule has 0 saturated heterocycles. The van der Waals surface area contributed by atoms with Gasteiger partial charge in [-0.15, -0.1) is 0 Å². The lowest BCUT2D eigenvalue weighted by molar-refractivity contribution is 0.443. The molecular formula is C20H25N. The first kappa shape index (κ1) is 14.3. The van der Waals surface area contributed by atoms with E-state index >= 15 is 0 Å². The lowest BCUT2D eigenvalue weighted by Crippen LogP contribution is -2.04. The number of hydrogen-bond donors (Lipinski definition) is 1. The summed E-state index contributed by atoms with van der Waals surface area (Å²) in [6, 6.07) is 15.8. The fourth-order valence-electron chi connectivity index (χ4n) is 3.48. The molecule has 1 fully saturated rings. The van der Waals surface area contributed by atoms with Crippen LogP contribution >= 0.6 is 0 Å². The van der Waals surface area contributed by atoms with Gasteiger partial charge in [0.25, 0.3) is 0 Å². The highest BCUT2D eigenvalue weighted by molar-refractivity contribution is 5.68. The van der Waals surface area contributed by atoms with Crippen molar-refractivity contribution in [2.24, 2.45) is 5.73 Å². The smallest absolute Gasteiger partial charge is 0.0178 e. The maximum absolute atomic E-state index is 5.77. The predicted molar refractivity (Wildman–Crippen MR) is 90.3 cm³/mol. The Hall–Kier alpha value is -1.60. The van der Waals surface area contributed by atoms with Crippen LogP contribution in [-0.2, 0) is 6.54 Å². The van der Waals surface area contributed by atoms with Crippen molar-refractivity contribution >= 4 is 0 Å². The predicted octanol–water partition coefficient (Wildman–Crippen LogP) is 5.17. The van der Waals surface area contributed by atoms with Crippen LogP contribution in [0.1, 0.15) is 54.7 Å². The Balaban J connectivity index is 1.86. The molecule has 0 radical (unpaired) electrons. The van der Waals surface area contributed by atoms with Crippen LogP contribution in [0.2, 0.25) is 0 Å². The van der Waals surface area contributed by atoms with Crippen molar-refractivity contribution in [2.75, 3.05) is 0 Å². The van der Waals surface area contributed by atoms with Crippen molar-refractivity contribution in [1.29, 1.82) is 0 Å². The normalized spacial score (nSPS) is 16.1. The Labute approximate surface area is 128 Å². The second-order valence-corrected chi connectivity index (χ2v) is 6.31. The number of nitrogens with two attached hydrogens (primary N) is 1. The van der Waals surface area contributed by atoms with Gasteiger partial charge >= 0.3 is 0 Å². The zero-order chi connectivity index (χ0) is 14.7. The molecule has 3 rings (SSSR count). The summed E-state index contributed by atoms with van der Waals surface area (Å²) in [6.45, 7) is 2.78. The minimum absolute atomic E-state index is 0.605. The number of rotatable bonds is 3. The highest BCUT2D eigenvalue weighted by atomic mass is 14.5. The lowest BCUT2D eigenvalue weighted by Gasteiger charge is -2.22. The highest BCUT2D eigenvalue weighted by Gasteiger charge is 2.15. The van der Waals surface area contributed by atoms with Gasteiger partial charge in [-0.25, -0.2) is 0 Å². The highest BCUT2D eigenvalue weighted by Crippen LogP contribution is 2.34. The fraction of sp³-hybridized carbons (Fsp3) is 0.400. The van der Waals surface area contributed by atoms with Crippen LogP contribution in [0.15, 0.2) is 42.5 Å². The van der Waals surface area contributed by atoms with Gasteiger partial charge in [-0.1, -0.05) is 55.7 Å². The van der Waals surface area contributed by atoms with Gasteiger partial charge in [0, 0.05) is 6.54 Å². The summed E-state index contributed by atoms with van der Waals surface area (Å²) in [5.41, 5.74) is 12.4. The Kier molecular flexibility index (Phi) is 4.40. The Morgan fingerprint density at radius 2 is 1.67 bits per heavy atom. The van der Waals surface area contributed by atoms with E-state index < -0.39 is 0 Å². The maximum atomic E-state index is 5.77. The van der Waals surface area contributed by atoms with Crippen molar-refractivity contribution in [3.8, 4) is 11.1 Å². The molecule has 1 aliphatic carbocycles.